The smallest absolute Gasteiger partial charge is 0.305 e. The van der Waals surface area contributed by atoms with Gasteiger partial charge in [-0.05, 0) is 49.1 Å². The van der Waals surface area contributed by atoms with Crippen LogP contribution in [0.5, 0.6) is 11.5 Å². The van der Waals surface area contributed by atoms with Gasteiger partial charge in [-0.15, -0.1) is 0 Å². The first-order chi connectivity index (χ1) is 16.8. The molecule has 10 nitrogen and oxygen atoms in total. The molecule has 0 bridgehead atoms. The van der Waals surface area contributed by atoms with Crippen LogP contribution in [-0.4, -0.2) is 51.8 Å². The topological polar surface area (TPSA) is 173 Å². The number of nitrogens with one attached hydrogen (secondary N) is 4. The molecule has 1 amide bonds. The van der Waals surface area contributed by atoms with Crippen LogP contribution in [0.1, 0.15) is 24.0 Å². The van der Waals surface area contributed by atoms with Gasteiger partial charge in [-0.1, -0.05) is 34.8 Å². The van der Waals surface area contributed by atoms with Crippen LogP contribution in [0, 0.1) is 0 Å². The third kappa shape index (κ3) is 6.09. The highest BCUT2D eigenvalue weighted by Gasteiger charge is 2.14. The van der Waals surface area contributed by atoms with Crippen molar-refractivity contribution in [3.8, 4) is 11.5 Å². The fourth-order valence-electron chi connectivity index (χ4n) is 3.93. The molecule has 4 rings (SSSR count). The molecule has 1 unspecified atom stereocenters. The second-order valence-corrected chi connectivity index (χ2v) is 10.2. The lowest BCUT2D eigenvalue weighted by Crippen LogP contribution is -2.36. The third-order valence-electron chi connectivity index (χ3n) is 5.71. The van der Waals surface area contributed by atoms with Crippen LogP contribution in [0.3, 0.4) is 0 Å². The van der Waals surface area contributed by atoms with Crippen molar-refractivity contribution in [3.63, 3.8) is 0 Å². The highest BCUT2D eigenvalue weighted by atomic mass is 32.1. The van der Waals surface area contributed by atoms with Gasteiger partial charge in [-0.25, -0.2) is 0 Å². The Morgan fingerprint density at radius 1 is 0.886 bits per heavy atom. The van der Waals surface area contributed by atoms with Crippen LogP contribution in [-0.2, 0) is 17.6 Å². The first-order valence-electron chi connectivity index (χ1n) is 11.2. The number of fused-ring (bicyclic) bond motifs is 2. The third-order valence-corrected chi connectivity index (χ3v) is 7.62. The number of carbonyl (C=O) groups excluding carboxylic acids is 1. The van der Waals surface area contributed by atoms with E-state index in [1.54, 1.807) is 18.2 Å². The average molecular weight is 518 g/mol. The highest BCUT2D eigenvalue weighted by molar-refractivity contribution is 7.17. The van der Waals surface area contributed by atoms with Gasteiger partial charge in [0.05, 0.1) is 9.40 Å². The van der Waals surface area contributed by atoms with E-state index in [2.05, 4.69) is 20.6 Å². The molecule has 35 heavy (non-hydrogen) atoms. The van der Waals surface area contributed by atoms with Gasteiger partial charge >= 0.3 is 9.75 Å². The molecule has 2 heterocycles. The first-order valence-corrected chi connectivity index (χ1v) is 12.9. The predicted octanol–water partition coefficient (Wildman–Crippen LogP) is 1.50. The second-order valence-electron chi connectivity index (χ2n) is 8.28. The largest absolute Gasteiger partial charge is 0.506 e. The fourth-order valence-corrected chi connectivity index (χ4v) is 5.73. The summed E-state index contributed by atoms with van der Waals surface area (Å²) in [5.74, 6) is -0.0230. The molecule has 0 aliphatic heterocycles. The summed E-state index contributed by atoms with van der Waals surface area (Å²) in [5.41, 5.74) is 8.94. The Bertz CT molecular complexity index is 1450. The quantitative estimate of drug-likeness (QED) is 0.148. The van der Waals surface area contributed by atoms with Crippen molar-refractivity contribution in [2.24, 2.45) is 5.73 Å². The summed E-state index contributed by atoms with van der Waals surface area (Å²) in [4.78, 5) is 40.3. The first kappa shape index (κ1) is 24.9. The molecule has 8 N–H and O–H groups in total. The van der Waals surface area contributed by atoms with Crippen LogP contribution in [0.25, 0.3) is 20.4 Å². The van der Waals surface area contributed by atoms with Crippen molar-refractivity contribution in [2.75, 3.05) is 19.6 Å². The normalized spacial score (nSPS) is 12.4. The molecule has 0 radical (unpaired) electrons. The summed E-state index contributed by atoms with van der Waals surface area (Å²) < 4.78 is 1.48. The molecule has 186 valence electrons. The number of rotatable bonds is 11. The van der Waals surface area contributed by atoms with E-state index >= 15 is 0 Å². The number of H-pyrrole nitrogens is 2. The van der Waals surface area contributed by atoms with Crippen LogP contribution >= 0.6 is 22.7 Å². The molecule has 0 aliphatic carbocycles. The van der Waals surface area contributed by atoms with E-state index < -0.39 is 0 Å². The minimum atomic E-state index is -0.326. The molecular formula is C23H27N5O5S2. The monoisotopic (exact) mass is 517 g/mol. The molecule has 0 spiro atoms. The molecule has 0 fully saturated rings. The minimum absolute atomic E-state index is 0.0392. The Kier molecular flexibility index (Phi) is 7.86. The maximum atomic E-state index is 12.2. The number of benzene rings is 2. The van der Waals surface area contributed by atoms with E-state index in [1.165, 1.54) is 0 Å². The van der Waals surface area contributed by atoms with E-state index in [9.17, 15) is 24.6 Å². The molecule has 0 saturated carbocycles. The maximum Gasteiger partial charge on any atom is 0.305 e. The van der Waals surface area contributed by atoms with Gasteiger partial charge in [0, 0.05) is 25.6 Å². The van der Waals surface area contributed by atoms with Crippen molar-refractivity contribution < 1.29 is 15.0 Å². The Hall–Kier alpha value is -3.19. The van der Waals surface area contributed by atoms with Crippen molar-refractivity contribution >= 4 is 49.0 Å². The number of aromatic amines is 2. The lowest BCUT2D eigenvalue weighted by molar-refractivity contribution is -0.121. The van der Waals surface area contributed by atoms with E-state index in [1.807, 2.05) is 6.07 Å². The summed E-state index contributed by atoms with van der Waals surface area (Å²) in [6, 6.07) is 6.39. The molecule has 4 aromatic rings. The minimum Gasteiger partial charge on any atom is -0.506 e. The van der Waals surface area contributed by atoms with Gasteiger partial charge in [0.2, 0.25) is 5.91 Å². The zero-order chi connectivity index (χ0) is 24.9. The van der Waals surface area contributed by atoms with Crippen molar-refractivity contribution in [3.05, 3.63) is 54.7 Å². The van der Waals surface area contributed by atoms with E-state index in [0.717, 1.165) is 43.2 Å². The van der Waals surface area contributed by atoms with Gasteiger partial charge in [-0.3, -0.25) is 14.4 Å². The van der Waals surface area contributed by atoms with E-state index in [4.69, 9.17) is 5.73 Å². The Morgan fingerprint density at radius 3 is 2.06 bits per heavy atom. The fraction of sp³-hybridized carbons (Fsp3) is 0.348. The Labute approximate surface area is 207 Å². The van der Waals surface area contributed by atoms with Crippen LogP contribution < -0.4 is 26.1 Å². The van der Waals surface area contributed by atoms with Crippen LogP contribution in [0.15, 0.2) is 33.9 Å². The highest BCUT2D eigenvalue weighted by Crippen LogP contribution is 2.29. The van der Waals surface area contributed by atoms with Gasteiger partial charge in [-0.2, -0.15) is 0 Å². The number of phenols is 2. The predicted molar refractivity (Wildman–Crippen MR) is 139 cm³/mol. The lowest BCUT2D eigenvalue weighted by Gasteiger charge is -2.13. The van der Waals surface area contributed by atoms with E-state index in [-0.39, 0.29) is 39.6 Å². The standard InChI is InChI=1S/C23H27N5O5S2/c24-14(4-1-12-2-5-15(29)18-20(12)34-22(32)27-18)11-17(31)26-10-9-25-8-7-13-3-6-16(30)19-21(13)35-23(33)28-19/h2-3,5-6,14,25,29-30H,1,4,7-11,24H2,(H,26,31)(H,27,32)(H,28,33). The Balaban J connectivity index is 1.15. The number of hydrogen-bond donors (Lipinski definition) is 7. The van der Waals surface area contributed by atoms with Crippen LogP contribution in [0.4, 0.5) is 0 Å². The van der Waals surface area contributed by atoms with Gasteiger partial charge in [0.1, 0.15) is 22.5 Å². The zero-order valence-corrected chi connectivity index (χ0v) is 20.5. The van der Waals surface area contributed by atoms with Crippen molar-refractivity contribution in [2.45, 2.75) is 31.7 Å². The molecular weight excluding hydrogens is 490 g/mol. The van der Waals surface area contributed by atoms with Crippen LogP contribution in [0.2, 0.25) is 0 Å². The number of aromatic nitrogens is 2. The molecule has 2 aromatic carbocycles. The Morgan fingerprint density at radius 2 is 1.46 bits per heavy atom. The van der Waals surface area contributed by atoms with Crippen molar-refractivity contribution in [1.82, 2.24) is 20.6 Å². The lowest BCUT2D eigenvalue weighted by atomic mass is 10.0. The number of carbonyl (C=O) groups is 1. The number of nitrogens with two attached hydrogens (primary N) is 1. The molecule has 2 aromatic heterocycles. The van der Waals surface area contributed by atoms with Gasteiger partial charge < -0.3 is 36.5 Å². The summed E-state index contributed by atoms with van der Waals surface area (Å²) in [6.45, 7) is 1.71. The number of phenolic OH excluding ortho intramolecular Hbond substituents is 2. The number of hydrogen-bond acceptors (Lipinski definition) is 9. The number of aryl methyl sites for hydroxylation is 1. The summed E-state index contributed by atoms with van der Waals surface area (Å²) >= 11 is 2.13. The molecule has 0 aliphatic rings. The average Bonchev–Trinajstić information content (AvgIpc) is 3.40. The summed E-state index contributed by atoms with van der Waals surface area (Å²) in [7, 11) is 0. The second kappa shape index (κ2) is 11.0. The molecule has 0 saturated heterocycles. The summed E-state index contributed by atoms with van der Waals surface area (Å²) in [5, 5.41) is 25.9. The summed E-state index contributed by atoms with van der Waals surface area (Å²) in [6.07, 6.45) is 2.05. The zero-order valence-electron chi connectivity index (χ0n) is 18.8. The van der Waals surface area contributed by atoms with Gasteiger partial charge in [0.15, 0.2) is 0 Å². The van der Waals surface area contributed by atoms with E-state index in [0.29, 0.717) is 49.9 Å². The number of thiazole rings is 2. The SMILES string of the molecule is NC(CCc1ccc(O)c2[nH]c(=O)sc12)CC(=O)NCCNCCc1ccc(O)c2[nH]c(=O)sc12. The molecule has 1 atom stereocenters. The molecule has 12 heteroatoms. The van der Waals surface area contributed by atoms with Crippen molar-refractivity contribution in [1.29, 1.82) is 0 Å². The number of amides is 1. The van der Waals surface area contributed by atoms with Gasteiger partial charge in [0.25, 0.3) is 0 Å². The number of aromatic hydroxyl groups is 2. The maximum absolute atomic E-state index is 12.2.